The van der Waals surface area contributed by atoms with Crippen LogP contribution in [0.3, 0.4) is 0 Å². The first-order chi connectivity index (χ1) is 17.4. The van der Waals surface area contributed by atoms with Crippen molar-refractivity contribution in [1.29, 1.82) is 0 Å². The predicted molar refractivity (Wildman–Crippen MR) is 131 cm³/mol. The second kappa shape index (κ2) is 15.8. The second-order valence-electron chi connectivity index (χ2n) is 7.64. The molecule has 0 fully saturated rings. The minimum Gasteiger partial charge on any atom is -0.496 e. The zero-order chi connectivity index (χ0) is 26.2. The molecular weight excluding hydrogens is 468 g/mol. The fourth-order valence-corrected chi connectivity index (χ4v) is 3.23. The number of nitrogens with one attached hydrogen (secondary N) is 2. The number of carbonyl (C=O) groups excluding carboxylic acids is 4. The Hall–Kier alpha value is -4.08. The number of methoxy groups -OCH3 is 2. The van der Waals surface area contributed by atoms with E-state index in [1.54, 1.807) is 26.4 Å². The van der Waals surface area contributed by atoms with Gasteiger partial charge in [-0.2, -0.15) is 0 Å². The lowest BCUT2D eigenvalue weighted by Gasteiger charge is -2.10. The molecule has 0 saturated heterocycles. The van der Waals surface area contributed by atoms with Crippen molar-refractivity contribution in [2.75, 3.05) is 40.5 Å². The van der Waals surface area contributed by atoms with Crippen LogP contribution in [0.1, 0.15) is 24.0 Å². The molecular formula is C26H32N2O8. The summed E-state index contributed by atoms with van der Waals surface area (Å²) in [5, 5.41) is 5.06. The van der Waals surface area contributed by atoms with Crippen LogP contribution >= 0.6 is 0 Å². The average molecular weight is 501 g/mol. The molecule has 0 atom stereocenters. The van der Waals surface area contributed by atoms with Crippen molar-refractivity contribution in [3.63, 3.8) is 0 Å². The number of para-hydroxylation sites is 2. The molecule has 36 heavy (non-hydrogen) atoms. The Morgan fingerprint density at radius 1 is 0.639 bits per heavy atom. The lowest BCUT2D eigenvalue weighted by Crippen LogP contribution is -2.38. The number of ether oxygens (including phenoxy) is 4. The third-order valence-corrected chi connectivity index (χ3v) is 5.08. The molecule has 2 aromatic rings. The molecule has 0 spiro atoms. The molecule has 0 aliphatic rings. The van der Waals surface area contributed by atoms with Crippen molar-refractivity contribution in [3.05, 3.63) is 59.7 Å². The number of aryl methyl sites for hydroxylation is 2. The fraction of sp³-hybridized carbons (Fsp3) is 0.385. The molecule has 0 saturated carbocycles. The smallest absolute Gasteiger partial charge is 0.306 e. The van der Waals surface area contributed by atoms with Gasteiger partial charge in [0.05, 0.1) is 14.2 Å². The van der Waals surface area contributed by atoms with E-state index < -0.39 is 37.0 Å². The fourth-order valence-electron chi connectivity index (χ4n) is 3.23. The van der Waals surface area contributed by atoms with E-state index in [0.717, 1.165) is 11.1 Å². The molecule has 0 unspecified atom stereocenters. The lowest BCUT2D eigenvalue weighted by atomic mass is 10.1. The molecule has 10 heteroatoms. The average Bonchev–Trinajstić information content (AvgIpc) is 2.90. The van der Waals surface area contributed by atoms with E-state index in [0.29, 0.717) is 24.3 Å². The maximum Gasteiger partial charge on any atom is 0.306 e. The molecule has 0 aromatic heterocycles. The minimum absolute atomic E-state index is 0.112. The van der Waals surface area contributed by atoms with Crippen LogP contribution in [0.4, 0.5) is 0 Å². The molecule has 0 aliphatic carbocycles. The first-order valence-corrected chi connectivity index (χ1v) is 11.5. The number of hydrogen-bond acceptors (Lipinski definition) is 8. The van der Waals surface area contributed by atoms with Crippen LogP contribution < -0.4 is 20.1 Å². The first kappa shape index (κ1) is 28.2. The summed E-state index contributed by atoms with van der Waals surface area (Å²) >= 11 is 0. The minimum atomic E-state index is -0.503. The van der Waals surface area contributed by atoms with Gasteiger partial charge in [0.1, 0.15) is 11.5 Å². The molecule has 2 amide bonds. The van der Waals surface area contributed by atoms with E-state index in [2.05, 4.69) is 10.6 Å². The topological polar surface area (TPSA) is 129 Å². The Morgan fingerprint density at radius 3 is 1.42 bits per heavy atom. The summed E-state index contributed by atoms with van der Waals surface area (Å²) in [6.07, 6.45) is 1.09. The van der Waals surface area contributed by atoms with Gasteiger partial charge in [-0.3, -0.25) is 19.2 Å². The van der Waals surface area contributed by atoms with Gasteiger partial charge in [0.25, 0.3) is 11.8 Å². The van der Waals surface area contributed by atoms with Crippen LogP contribution in [0.5, 0.6) is 11.5 Å². The van der Waals surface area contributed by atoms with Crippen LogP contribution in [0.25, 0.3) is 0 Å². The molecule has 0 radical (unpaired) electrons. The highest BCUT2D eigenvalue weighted by molar-refractivity contribution is 5.81. The highest BCUT2D eigenvalue weighted by Crippen LogP contribution is 2.19. The van der Waals surface area contributed by atoms with Crippen molar-refractivity contribution in [2.45, 2.75) is 25.7 Å². The predicted octanol–water partition coefficient (Wildman–Crippen LogP) is 1.59. The Labute approximate surface area is 210 Å². The van der Waals surface area contributed by atoms with Crippen molar-refractivity contribution < 1.29 is 38.1 Å². The zero-order valence-electron chi connectivity index (χ0n) is 20.5. The standard InChI is InChI=1S/C26H32N2O8/c1-33-21-9-5-3-7-19(21)11-13-25(31)35-17-23(29)27-15-16-28-24(30)18-36-26(32)14-12-20-8-4-6-10-22(20)34-2/h3-10H,11-18H2,1-2H3,(H,27,29)(H,28,30). The van der Waals surface area contributed by atoms with E-state index in [-0.39, 0.29) is 25.9 Å². The highest BCUT2D eigenvalue weighted by Gasteiger charge is 2.11. The number of esters is 2. The molecule has 2 aromatic carbocycles. The number of hydrogen-bond donors (Lipinski definition) is 2. The number of carbonyl (C=O) groups is 4. The van der Waals surface area contributed by atoms with Gasteiger partial charge >= 0.3 is 11.9 Å². The van der Waals surface area contributed by atoms with Gasteiger partial charge in [-0.05, 0) is 36.1 Å². The maximum absolute atomic E-state index is 11.9. The second-order valence-corrected chi connectivity index (χ2v) is 7.64. The molecule has 0 heterocycles. The third kappa shape index (κ3) is 10.5. The van der Waals surface area contributed by atoms with Gasteiger partial charge < -0.3 is 29.6 Å². The lowest BCUT2D eigenvalue weighted by molar-refractivity contribution is -0.149. The van der Waals surface area contributed by atoms with E-state index in [4.69, 9.17) is 18.9 Å². The summed E-state index contributed by atoms with van der Waals surface area (Å²) in [7, 11) is 3.11. The van der Waals surface area contributed by atoms with E-state index in [1.807, 2.05) is 36.4 Å². The summed E-state index contributed by atoms with van der Waals surface area (Å²) in [6, 6.07) is 14.7. The zero-order valence-corrected chi connectivity index (χ0v) is 20.5. The van der Waals surface area contributed by atoms with Crippen molar-refractivity contribution in [2.24, 2.45) is 0 Å². The molecule has 194 valence electrons. The Bertz CT molecular complexity index is 943. The molecule has 2 rings (SSSR count). The largest absolute Gasteiger partial charge is 0.496 e. The highest BCUT2D eigenvalue weighted by atomic mass is 16.5. The van der Waals surface area contributed by atoms with Crippen LogP contribution in [-0.4, -0.2) is 64.3 Å². The summed E-state index contributed by atoms with van der Waals surface area (Å²) in [5.41, 5.74) is 1.75. The Kier molecular flexibility index (Phi) is 12.3. The van der Waals surface area contributed by atoms with E-state index >= 15 is 0 Å². The monoisotopic (exact) mass is 500 g/mol. The third-order valence-electron chi connectivity index (χ3n) is 5.08. The maximum atomic E-state index is 11.9. The van der Waals surface area contributed by atoms with Gasteiger partial charge in [0, 0.05) is 25.9 Å². The van der Waals surface area contributed by atoms with E-state index in [1.165, 1.54) is 0 Å². The van der Waals surface area contributed by atoms with Crippen molar-refractivity contribution in [1.82, 2.24) is 10.6 Å². The van der Waals surface area contributed by atoms with Gasteiger partial charge in [-0.15, -0.1) is 0 Å². The SMILES string of the molecule is COc1ccccc1CCC(=O)OCC(=O)NCCNC(=O)COC(=O)CCc1ccccc1OC. The van der Waals surface area contributed by atoms with Gasteiger partial charge in [-0.25, -0.2) is 0 Å². The van der Waals surface area contributed by atoms with Gasteiger partial charge in [0.2, 0.25) is 0 Å². The Morgan fingerprint density at radius 2 is 1.03 bits per heavy atom. The summed E-state index contributed by atoms with van der Waals surface area (Å²) in [4.78, 5) is 47.4. The van der Waals surface area contributed by atoms with Crippen LogP contribution in [0.15, 0.2) is 48.5 Å². The van der Waals surface area contributed by atoms with Crippen LogP contribution in [0.2, 0.25) is 0 Å². The van der Waals surface area contributed by atoms with Gasteiger partial charge in [-0.1, -0.05) is 36.4 Å². The van der Waals surface area contributed by atoms with Crippen LogP contribution in [-0.2, 0) is 41.5 Å². The van der Waals surface area contributed by atoms with E-state index in [9.17, 15) is 19.2 Å². The normalized spacial score (nSPS) is 10.2. The van der Waals surface area contributed by atoms with Crippen LogP contribution in [0, 0.1) is 0 Å². The summed E-state index contributed by atoms with van der Waals surface area (Å²) in [5.74, 6) is -0.607. The number of rotatable bonds is 15. The summed E-state index contributed by atoms with van der Waals surface area (Å²) in [6.45, 7) is -0.568. The van der Waals surface area contributed by atoms with Gasteiger partial charge in [0.15, 0.2) is 13.2 Å². The quantitative estimate of drug-likeness (QED) is 0.279. The summed E-state index contributed by atoms with van der Waals surface area (Å²) < 4.78 is 20.4. The first-order valence-electron chi connectivity index (χ1n) is 11.5. The number of benzene rings is 2. The molecule has 0 aliphatic heterocycles. The van der Waals surface area contributed by atoms with Crippen molar-refractivity contribution in [3.8, 4) is 11.5 Å². The molecule has 10 nitrogen and oxygen atoms in total. The van der Waals surface area contributed by atoms with Crippen molar-refractivity contribution >= 4 is 23.8 Å². The molecule has 2 N–H and O–H groups in total. The molecule has 0 bridgehead atoms. The number of amides is 2. The Balaban J connectivity index is 1.52.